The van der Waals surface area contributed by atoms with Crippen molar-refractivity contribution in [2.24, 2.45) is 0 Å². The Kier molecular flexibility index (Phi) is 10.6. The second-order valence-electron chi connectivity index (χ2n) is 19.9. The van der Waals surface area contributed by atoms with E-state index in [0.29, 0.717) is 0 Å². The molecule has 10 rings (SSSR count). The van der Waals surface area contributed by atoms with Crippen molar-refractivity contribution in [1.29, 1.82) is 0 Å². The van der Waals surface area contributed by atoms with E-state index in [0.717, 1.165) is 11.4 Å². The second kappa shape index (κ2) is 16.4. The number of hydrogen-bond acceptors (Lipinski definition) is 2. The van der Waals surface area contributed by atoms with E-state index in [9.17, 15) is 0 Å². The summed E-state index contributed by atoms with van der Waals surface area (Å²) in [5.74, 6) is 0. The number of benzene rings is 10. The molecule has 0 heterocycles. The zero-order valence-corrected chi connectivity index (χ0v) is 40.5. The van der Waals surface area contributed by atoms with Crippen molar-refractivity contribution < 1.29 is 0 Å². The zero-order chi connectivity index (χ0) is 46.2. The van der Waals surface area contributed by atoms with Gasteiger partial charge in [-0.25, -0.2) is 0 Å². The maximum Gasteiger partial charge on any atom is 0.0561 e. The normalized spacial score (nSPS) is 11.9. The maximum atomic E-state index is 2.61. The van der Waals surface area contributed by atoms with Crippen molar-refractivity contribution in [2.75, 3.05) is 9.80 Å². The predicted molar refractivity (Wildman–Crippen MR) is 287 cm³/mol. The van der Waals surface area contributed by atoms with Gasteiger partial charge in [0.25, 0.3) is 0 Å². The molecular formula is C64H60N2. The minimum atomic E-state index is -0.00257. The zero-order valence-electron chi connectivity index (χ0n) is 40.5. The van der Waals surface area contributed by atoms with Gasteiger partial charge < -0.3 is 9.80 Å². The lowest BCUT2D eigenvalue weighted by Crippen LogP contribution is -2.18. The molecule has 2 heteroatoms. The fraction of sp³-hybridized carbons (Fsp3) is 0.188. The molecule has 0 N–H and O–H groups in total. The van der Waals surface area contributed by atoms with Gasteiger partial charge in [-0.15, -0.1) is 0 Å². The Morgan fingerprint density at radius 1 is 0.348 bits per heavy atom. The van der Waals surface area contributed by atoms with Gasteiger partial charge in [0.05, 0.1) is 22.7 Å². The minimum absolute atomic E-state index is 0.00257. The summed E-state index contributed by atoms with van der Waals surface area (Å²) in [6.45, 7) is 25.1. The van der Waals surface area contributed by atoms with Gasteiger partial charge in [0.15, 0.2) is 0 Å². The second-order valence-corrected chi connectivity index (χ2v) is 19.9. The van der Waals surface area contributed by atoms with Crippen molar-refractivity contribution >= 4 is 66.4 Å². The number of nitrogens with zero attached hydrogens (tertiary/aromatic N) is 2. The summed E-state index contributed by atoms with van der Waals surface area (Å²) in [6, 6.07) is 61.8. The largest absolute Gasteiger partial charge is 0.309 e. The molecule has 0 atom stereocenters. The van der Waals surface area contributed by atoms with Crippen molar-refractivity contribution in [3.8, 4) is 22.3 Å². The smallest absolute Gasteiger partial charge is 0.0561 e. The van der Waals surface area contributed by atoms with E-state index in [2.05, 4.69) is 250 Å². The molecule has 0 aliphatic heterocycles. The molecule has 0 aromatic heterocycles. The van der Waals surface area contributed by atoms with Crippen LogP contribution in [0, 0.1) is 55.4 Å². The molecule has 0 aliphatic carbocycles. The van der Waals surface area contributed by atoms with Crippen molar-refractivity contribution in [3.63, 3.8) is 0 Å². The van der Waals surface area contributed by atoms with E-state index >= 15 is 0 Å². The summed E-state index contributed by atoms with van der Waals surface area (Å²) in [5.41, 5.74) is 23.2. The molecule has 326 valence electrons. The summed E-state index contributed by atoms with van der Waals surface area (Å²) in [7, 11) is 0. The van der Waals surface area contributed by atoms with E-state index in [1.807, 2.05) is 0 Å². The first-order valence-electron chi connectivity index (χ1n) is 23.5. The fourth-order valence-electron chi connectivity index (χ4n) is 10.6. The molecular weight excluding hydrogens is 797 g/mol. The Hall–Kier alpha value is -7.16. The highest BCUT2D eigenvalue weighted by molar-refractivity contribution is 6.29. The van der Waals surface area contributed by atoms with Gasteiger partial charge in [-0.05, 0) is 167 Å². The fourth-order valence-corrected chi connectivity index (χ4v) is 10.6. The van der Waals surface area contributed by atoms with Crippen LogP contribution in [0.5, 0.6) is 0 Å². The van der Waals surface area contributed by atoms with E-state index in [-0.39, 0.29) is 5.41 Å². The van der Waals surface area contributed by atoms with Crippen LogP contribution in [0.1, 0.15) is 70.8 Å². The Labute approximate surface area is 392 Å². The Morgan fingerprint density at radius 2 is 0.758 bits per heavy atom. The molecule has 0 amide bonds. The first-order valence-corrected chi connectivity index (χ1v) is 23.5. The number of aryl methyl sites for hydroxylation is 6. The summed E-state index contributed by atoms with van der Waals surface area (Å²) < 4.78 is 0. The first kappa shape index (κ1) is 42.8. The average Bonchev–Trinajstić information content (AvgIpc) is 3.30. The minimum Gasteiger partial charge on any atom is -0.309 e. The van der Waals surface area contributed by atoms with E-state index < -0.39 is 0 Å². The third-order valence-electron chi connectivity index (χ3n) is 14.1. The highest BCUT2D eigenvalue weighted by Crippen LogP contribution is 2.54. The number of rotatable bonds is 8. The number of hydrogen-bond donors (Lipinski definition) is 0. The van der Waals surface area contributed by atoms with Gasteiger partial charge in [0, 0.05) is 27.5 Å². The van der Waals surface area contributed by atoms with Gasteiger partial charge in [0.2, 0.25) is 0 Å². The molecule has 10 aromatic carbocycles. The van der Waals surface area contributed by atoms with Gasteiger partial charge in [-0.3, -0.25) is 0 Å². The molecule has 10 aromatic rings. The molecule has 66 heavy (non-hydrogen) atoms. The first-order chi connectivity index (χ1) is 31.7. The van der Waals surface area contributed by atoms with Crippen LogP contribution < -0.4 is 9.80 Å². The van der Waals surface area contributed by atoms with Crippen LogP contribution in [0.25, 0.3) is 54.6 Å². The lowest BCUT2D eigenvalue weighted by molar-refractivity contribution is 0.591. The Morgan fingerprint density at radius 3 is 1.17 bits per heavy atom. The van der Waals surface area contributed by atoms with Gasteiger partial charge in [-0.2, -0.15) is 0 Å². The van der Waals surface area contributed by atoms with E-state index in [1.54, 1.807) is 0 Å². The van der Waals surface area contributed by atoms with Crippen LogP contribution in [0.4, 0.5) is 34.1 Å². The quantitative estimate of drug-likeness (QED) is 0.141. The highest BCUT2D eigenvalue weighted by Gasteiger charge is 2.30. The van der Waals surface area contributed by atoms with E-state index in [4.69, 9.17) is 0 Å². The Bertz CT molecular complexity index is 3260. The summed E-state index contributed by atoms with van der Waals surface area (Å²) in [4.78, 5) is 5.22. The summed E-state index contributed by atoms with van der Waals surface area (Å²) >= 11 is 0. The molecule has 0 unspecified atom stereocenters. The lowest BCUT2D eigenvalue weighted by atomic mass is 9.83. The van der Waals surface area contributed by atoms with Crippen LogP contribution in [0.3, 0.4) is 0 Å². The topological polar surface area (TPSA) is 6.48 Å². The summed E-state index contributed by atoms with van der Waals surface area (Å²) in [5, 5.41) is 7.59. The monoisotopic (exact) mass is 856 g/mol. The molecule has 0 saturated heterocycles. The van der Waals surface area contributed by atoms with Gasteiger partial charge in [-0.1, -0.05) is 166 Å². The maximum absolute atomic E-state index is 2.61. The van der Waals surface area contributed by atoms with Crippen LogP contribution in [0.15, 0.2) is 164 Å². The SMILES string of the molecule is Cc1ccc(C)c(N(c2c(C)ccc(-c3ccccc3)c2C)c2cc(N(c3cc(C)ccc3C)c3c(C)ccc(-c4ccccc4)c3C)c3ccc4cc(C(C)(C)C)cc5ccc2c3c54)c1. The van der Waals surface area contributed by atoms with Crippen LogP contribution in [-0.4, -0.2) is 0 Å². The third-order valence-corrected chi connectivity index (χ3v) is 14.1. The van der Waals surface area contributed by atoms with Crippen LogP contribution in [-0.2, 0) is 5.41 Å². The van der Waals surface area contributed by atoms with Crippen molar-refractivity contribution in [3.05, 3.63) is 214 Å². The predicted octanol–water partition coefficient (Wildman–Crippen LogP) is 18.6. The Balaban J connectivity index is 1.41. The molecule has 0 aliphatic rings. The highest BCUT2D eigenvalue weighted by atomic mass is 15.2. The third kappa shape index (κ3) is 7.20. The molecule has 0 radical (unpaired) electrons. The van der Waals surface area contributed by atoms with Gasteiger partial charge >= 0.3 is 0 Å². The van der Waals surface area contributed by atoms with Crippen LogP contribution >= 0.6 is 0 Å². The standard InChI is InChI=1S/C64H60N2/c1-39-22-24-41(3)56(34-39)65(62-43(5)26-30-52(45(62)7)47-18-14-12-15-19-47)58-38-59(55-33-29-50-37-51(64(9,10)11)36-49-28-32-54(58)61(55)60(49)50)66(57-35-40(2)23-25-42(57)4)63-44(6)27-31-53(46(63)8)48-20-16-13-17-21-48/h12-38H,1-11H3. The van der Waals surface area contributed by atoms with Gasteiger partial charge in [0.1, 0.15) is 0 Å². The molecule has 0 bridgehead atoms. The molecule has 0 fully saturated rings. The molecule has 0 saturated carbocycles. The van der Waals surface area contributed by atoms with E-state index in [1.165, 1.54) is 127 Å². The van der Waals surface area contributed by atoms with Crippen molar-refractivity contribution in [1.82, 2.24) is 0 Å². The van der Waals surface area contributed by atoms with Crippen LogP contribution in [0.2, 0.25) is 0 Å². The molecule has 0 spiro atoms. The van der Waals surface area contributed by atoms with Crippen molar-refractivity contribution in [2.45, 2.75) is 81.6 Å². The summed E-state index contributed by atoms with van der Waals surface area (Å²) in [6.07, 6.45) is 0. The average molecular weight is 857 g/mol. The number of anilines is 6. The molecule has 2 nitrogen and oxygen atoms in total. The lowest BCUT2D eigenvalue weighted by Gasteiger charge is -2.36.